The number of benzene rings is 2. The third kappa shape index (κ3) is 6.24. The molecular formula is C31H38F3N5O. The van der Waals surface area contributed by atoms with Gasteiger partial charge in [0.1, 0.15) is 5.82 Å². The number of urea groups is 1. The van der Waals surface area contributed by atoms with E-state index in [1.54, 1.807) is 0 Å². The van der Waals surface area contributed by atoms with Gasteiger partial charge in [0.2, 0.25) is 0 Å². The van der Waals surface area contributed by atoms with E-state index in [0.717, 1.165) is 52.4 Å². The molecule has 9 heteroatoms. The van der Waals surface area contributed by atoms with Gasteiger partial charge in [0, 0.05) is 48.7 Å². The molecule has 0 unspecified atom stereocenters. The Kier molecular flexibility index (Phi) is 8.71. The van der Waals surface area contributed by atoms with Gasteiger partial charge in [-0.05, 0) is 48.4 Å². The van der Waals surface area contributed by atoms with Crippen molar-refractivity contribution in [3.05, 3.63) is 70.4 Å². The molecule has 40 heavy (non-hydrogen) atoms. The number of aromatic nitrogens is 2. The minimum Gasteiger partial charge on any atom is -0.353 e. The number of halogens is 3. The summed E-state index contributed by atoms with van der Waals surface area (Å²) >= 11 is 0. The number of carbonyl (C=O) groups is 1. The smallest absolute Gasteiger partial charge is 0.353 e. The van der Waals surface area contributed by atoms with Crippen LogP contribution in [0, 0.1) is 6.92 Å². The summed E-state index contributed by atoms with van der Waals surface area (Å²) in [7, 11) is 0. The number of hydrogen-bond donors (Lipinski definition) is 1. The van der Waals surface area contributed by atoms with Gasteiger partial charge in [-0.2, -0.15) is 13.2 Å². The van der Waals surface area contributed by atoms with Gasteiger partial charge in [-0.25, -0.2) is 14.8 Å². The number of nitrogens with zero attached hydrogens (tertiary/aromatic N) is 4. The van der Waals surface area contributed by atoms with Crippen LogP contribution < -0.4 is 10.2 Å². The average Bonchev–Trinajstić information content (AvgIpc) is 2.92. The quantitative estimate of drug-likeness (QED) is 0.341. The molecule has 1 N–H and O–H groups in total. The Hall–Kier alpha value is -3.62. The number of alkyl halides is 3. The first-order valence-corrected chi connectivity index (χ1v) is 13.9. The number of nitrogens with one attached hydrogen (secondary N) is 1. The summed E-state index contributed by atoms with van der Waals surface area (Å²) in [6.45, 7) is 14.7. The molecule has 214 valence electrons. The Morgan fingerprint density at radius 3 is 2.00 bits per heavy atom. The van der Waals surface area contributed by atoms with Crippen LogP contribution in [0.1, 0.15) is 74.4 Å². The van der Waals surface area contributed by atoms with Crippen molar-refractivity contribution in [2.24, 2.45) is 0 Å². The molecule has 1 aromatic heterocycles. The highest BCUT2D eigenvalue weighted by Gasteiger charge is 2.30. The molecular weight excluding hydrogens is 515 g/mol. The minimum atomic E-state index is -4.40. The topological polar surface area (TPSA) is 61.4 Å². The van der Waals surface area contributed by atoms with Crippen LogP contribution >= 0.6 is 0 Å². The first kappa shape index (κ1) is 29.4. The van der Waals surface area contributed by atoms with E-state index in [2.05, 4.69) is 55.0 Å². The molecule has 6 nitrogen and oxygen atoms in total. The maximum absolute atomic E-state index is 13.4. The van der Waals surface area contributed by atoms with E-state index < -0.39 is 11.7 Å². The summed E-state index contributed by atoms with van der Waals surface area (Å²) in [6.07, 6.45) is -3.68. The molecule has 1 saturated heterocycles. The third-order valence-corrected chi connectivity index (χ3v) is 7.49. The van der Waals surface area contributed by atoms with Crippen LogP contribution in [0.5, 0.6) is 0 Å². The van der Waals surface area contributed by atoms with Crippen LogP contribution in [0.15, 0.2) is 42.5 Å². The molecule has 1 aliphatic rings. The lowest BCUT2D eigenvalue weighted by Crippen LogP contribution is -2.50. The minimum absolute atomic E-state index is 0.116. The zero-order valence-corrected chi connectivity index (χ0v) is 24.1. The van der Waals surface area contributed by atoms with Crippen LogP contribution in [-0.4, -0.2) is 47.1 Å². The molecule has 0 radical (unpaired) electrons. The number of amides is 2. The second-order valence-electron chi connectivity index (χ2n) is 10.9. The number of carbonyl (C=O) groups excluding carboxylic acids is 1. The second-order valence-corrected chi connectivity index (χ2v) is 10.9. The summed E-state index contributed by atoms with van der Waals surface area (Å²) in [5, 5.41) is 3.21. The van der Waals surface area contributed by atoms with Crippen molar-refractivity contribution in [1.29, 1.82) is 0 Å². The Morgan fingerprint density at radius 1 is 0.925 bits per heavy atom. The summed E-state index contributed by atoms with van der Waals surface area (Å²) < 4.78 is 39.1. The van der Waals surface area contributed by atoms with E-state index in [1.807, 2.05) is 24.8 Å². The largest absolute Gasteiger partial charge is 0.416 e. The number of rotatable bonds is 6. The standard InChI is InChI=1S/C31H38F3N5O/c1-7-24-21(6)35-28(22-11-13-23(14-12-22)31(32,33)34)37-29(24)38-15-17-39(18-16-38)30(40)36-27-25(19(2)3)9-8-10-26(27)20(4)5/h8-14,19-20H,7,15-18H2,1-6H3,(H,36,40). The lowest BCUT2D eigenvalue weighted by Gasteiger charge is -2.36. The second kappa shape index (κ2) is 11.9. The molecule has 2 aromatic carbocycles. The van der Waals surface area contributed by atoms with Gasteiger partial charge in [-0.3, -0.25) is 0 Å². The van der Waals surface area contributed by atoms with Gasteiger partial charge in [0.05, 0.1) is 5.56 Å². The molecule has 0 atom stereocenters. The number of aryl methyl sites for hydroxylation is 1. The SMILES string of the molecule is CCc1c(C)nc(-c2ccc(C(F)(F)F)cc2)nc1N1CCN(C(=O)Nc2c(C(C)C)cccc2C(C)C)CC1. The summed E-state index contributed by atoms with van der Waals surface area (Å²) in [5.74, 6) is 1.72. The fourth-order valence-corrected chi connectivity index (χ4v) is 5.20. The third-order valence-electron chi connectivity index (χ3n) is 7.49. The lowest BCUT2D eigenvalue weighted by molar-refractivity contribution is -0.137. The van der Waals surface area contributed by atoms with Crippen molar-refractivity contribution in [3.63, 3.8) is 0 Å². The molecule has 0 bridgehead atoms. The fourth-order valence-electron chi connectivity index (χ4n) is 5.20. The highest BCUT2D eigenvalue weighted by atomic mass is 19.4. The summed E-state index contributed by atoms with van der Waals surface area (Å²) in [6, 6.07) is 11.0. The predicted molar refractivity (Wildman–Crippen MR) is 154 cm³/mol. The van der Waals surface area contributed by atoms with E-state index in [0.29, 0.717) is 37.6 Å². The number of piperazine rings is 1. The van der Waals surface area contributed by atoms with Crippen molar-refractivity contribution >= 4 is 17.5 Å². The maximum atomic E-state index is 13.4. The molecule has 4 rings (SSSR count). The van der Waals surface area contributed by atoms with Crippen molar-refractivity contribution in [2.75, 3.05) is 36.4 Å². The summed E-state index contributed by atoms with van der Waals surface area (Å²) in [5.41, 5.74) is 4.78. The normalized spacial score (nSPS) is 14.3. The van der Waals surface area contributed by atoms with E-state index in [4.69, 9.17) is 4.98 Å². The van der Waals surface area contributed by atoms with E-state index in [1.165, 1.54) is 12.1 Å². The van der Waals surface area contributed by atoms with Crippen molar-refractivity contribution in [3.8, 4) is 11.4 Å². The van der Waals surface area contributed by atoms with E-state index >= 15 is 0 Å². The van der Waals surface area contributed by atoms with Gasteiger partial charge >= 0.3 is 12.2 Å². The fraction of sp³-hybridized carbons (Fsp3) is 0.452. The zero-order chi connectivity index (χ0) is 29.2. The van der Waals surface area contributed by atoms with Crippen molar-refractivity contribution < 1.29 is 18.0 Å². The van der Waals surface area contributed by atoms with E-state index in [9.17, 15) is 18.0 Å². The highest BCUT2D eigenvalue weighted by molar-refractivity contribution is 5.91. The number of para-hydroxylation sites is 1. The van der Waals surface area contributed by atoms with Crippen LogP contribution in [0.4, 0.5) is 29.5 Å². The van der Waals surface area contributed by atoms with Crippen LogP contribution in [0.2, 0.25) is 0 Å². The number of anilines is 2. The predicted octanol–water partition coefficient (Wildman–Crippen LogP) is 7.63. The maximum Gasteiger partial charge on any atom is 0.416 e. The molecule has 0 spiro atoms. The molecule has 1 fully saturated rings. The van der Waals surface area contributed by atoms with Gasteiger partial charge in [-0.15, -0.1) is 0 Å². The number of hydrogen-bond acceptors (Lipinski definition) is 4. The van der Waals surface area contributed by atoms with Gasteiger partial charge in [0.25, 0.3) is 0 Å². The Morgan fingerprint density at radius 2 is 1.50 bits per heavy atom. The zero-order valence-electron chi connectivity index (χ0n) is 24.1. The van der Waals surface area contributed by atoms with E-state index in [-0.39, 0.29) is 17.9 Å². The van der Waals surface area contributed by atoms with Crippen LogP contribution in [0.25, 0.3) is 11.4 Å². The van der Waals surface area contributed by atoms with Crippen LogP contribution in [-0.2, 0) is 12.6 Å². The Bertz CT molecular complexity index is 1320. The van der Waals surface area contributed by atoms with Crippen molar-refractivity contribution in [2.45, 2.75) is 66.0 Å². The molecule has 0 saturated carbocycles. The first-order valence-electron chi connectivity index (χ1n) is 13.9. The molecule has 2 heterocycles. The molecule has 2 amide bonds. The average molecular weight is 554 g/mol. The Balaban J connectivity index is 1.53. The van der Waals surface area contributed by atoms with Gasteiger partial charge in [-0.1, -0.05) is 65.0 Å². The summed E-state index contributed by atoms with van der Waals surface area (Å²) in [4.78, 5) is 26.7. The first-order chi connectivity index (χ1) is 18.9. The molecule has 1 aliphatic heterocycles. The van der Waals surface area contributed by atoms with Crippen molar-refractivity contribution in [1.82, 2.24) is 14.9 Å². The molecule has 0 aliphatic carbocycles. The molecule has 3 aromatic rings. The highest BCUT2D eigenvalue weighted by Crippen LogP contribution is 2.34. The van der Waals surface area contributed by atoms with Crippen LogP contribution in [0.3, 0.4) is 0 Å². The Labute approximate surface area is 234 Å². The lowest BCUT2D eigenvalue weighted by atomic mass is 9.93. The monoisotopic (exact) mass is 553 g/mol. The van der Waals surface area contributed by atoms with Gasteiger partial charge < -0.3 is 15.1 Å². The van der Waals surface area contributed by atoms with Gasteiger partial charge in [0.15, 0.2) is 5.82 Å².